The van der Waals surface area contributed by atoms with Gasteiger partial charge in [0.25, 0.3) is 5.91 Å². The van der Waals surface area contributed by atoms with Gasteiger partial charge in [0.2, 0.25) is 0 Å². The van der Waals surface area contributed by atoms with Crippen LogP contribution in [0, 0.1) is 5.92 Å². The van der Waals surface area contributed by atoms with Crippen molar-refractivity contribution < 1.29 is 14.3 Å². The van der Waals surface area contributed by atoms with Crippen LogP contribution in [0.1, 0.15) is 68.7 Å². The number of benzene rings is 4. The Hall–Kier alpha value is -4.79. The SMILES string of the molecule is COc1ccc(/C=C2\CCCC3C2=NN(C(=O)C(C)Sc2ncc(-c4ccc(Cl)cc4)n2-c2ccccc2C(C)C)C3c2ccc(OC)cc2)cc1. The molecule has 0 N–H and O–H groups in total. The van der Waals surface area contributed by atoms with Gasteiger partial charge in [0.1, 0.15) is 11.5 Å². The number of para-hydroxylation sites is 1. The molecule has 266 valence electrons. The summed E-state index contributed by atoms with van der Waals surface area (Å²) < 4.78 is 13.0. The van der Waals surface area contributed by atoms with Crippen molar-refractivity contribution >= 4 is 41.1 Å². The predicted molar refractivity (Wildman–Crippen MR) is 212 cm³/mol. The Bertz CT molecular complexity index is 2110. The van der Waals surface area contributed by atoms with Gasteiger partial charge in [0.15, 0.2) is 5.16 Å². The molecule has 5 aromatic rings. The Balaban J connectivity index is 1.26. The standard InChI is InChI=1S/C43H43ClN4O3S/c1-27(2)36-10-6-7-12-38(36)47-39(30-15-19-33(44)20-16-30)26-45-43(47)52-28(3)42(49)48-41(31-17-23-35(51-5)24-18-31)37-11-8-9-32(40(37)46-48)25-29-13-21-34(50-4)22-14-29/h6-7,10,12-28,37,41H,8-9,11H2,1-5H3/b32-25+. The van der Waals surface area contributed by atoms with Crippen molar-refractivity contribution in [3.63, 3.8) is 0 Å². The van der Waals surface area contributed by atoms with Crippen molar-refractivity contribution in [3.8, 4) is 28.4 Å². The Morgan fingerprint density at radius 3 is 2.25 bits per heavy atom. The van der Waals surface area contributed by atoms with Crippen LogP contribution < -0.4 is 9.47 Å². The van der Waals surface area contributed by atoms with Crippen molar-refractivity contribution in [2.75, 3.05) is 14.2 Å². The molecule has 7 rings (SSSR count). The number of amides is 1. The number of halogens is 1. The molecule has 7 nitrogen and oxygen atoms in total. The molecule has 1 amide bonds. The fourth-order valence-electron chi connectivity index (χ4n) is 7.27. The summed E-state index contributed by atoms with van der Waals surface area (Å²) in [7, 11) is 3.34. The highest BCUT2D eigenvalue weighted by molar-refractivity contribution is 8.00. The smallest absolute Gasteiger partial charge is 0.256 e. The molecule has 0 radical (unpaired) electrons. The summed E-state index contributed by atoms with van der Waals surface area (Å²) in [6.45, 7) is 6.35. The van der Waals surface area contributed by atoms with Crippen LogP contribution in [-0.2, 0) is 4.79 Å². The first-order chi connectivity index (χ1) is 25.2. The third-order valence-electron chi connectivity index (χ3n) is 9.94. The number of carbonyl (C=O) groups is 1. The topological polar surface area (TPSA) is 69.0 Å². The zero-order chi connectivity index (χ0) is 36.4. The van der Waals surface area contributed by atoms with E-state index in [-0.39, 0.29) is 23.8 Å². The van der Waals surface area contributed by atoms with Crippen molar-refractivity contribution in [3.05, 3.63) is 131 Å². The predicted octanol–water partition coefficient (Wildman–Crippen LogP) is 10.6. The molecule has 1 saturated carbocycles. The molecule has 2 aliphatic rings. The Kier molecular flexibility index (Phi) is 10.6. The maximum Gasteiger partial charge on any atom is 0.256 e. The summed E-state index contributed by atoms with van der Waals surface area (Å²) in [6.07, 6.45) is 6.97. The van der Waals surface area contributed by atoms with Gasteiger partial charge in [-0.1, -0.05) is 91.8 Å². The Labute approximate surface area is 315 Å². The number of methoxy groups -OCH3 is 2. The molecule has 1 fully saturated rings. The Morgan fingerprint density at radius 1 is 0.904 bits per heavy atom. The number of carbonyl (C=O) groups excluding carboxylic acids is 1. The third kappa shape index (κ3) is 7.14. The van der Waals surface area contributed by atoms with E-state index in [0.29, 0.717) is 5.02 Å². The summed E-state index contributed by atoms with van der Waals surface area (Å²) in [5.74, 6) is 1.89. The average molecular weight is 731 g/mol. The van der Waals surface area contributed by atoms with Crippen LogP contribution in [-0.4, -0.2) is 45.6 Å². The van der Waals surface area contributed by atoms with Crippen molar-refractivity contribution in [2.24, 2.45) is 11.0 Å². The number of aromatic nitrogens is 2. The number of thioether (sulfide) groups is 1. The monoisotopic (exact) mass is 730 g/mol. The molecule has 1 aliphatic heterocycles. The molecule has 3 unspecified atom stereocenters. The molecule has 9 heteroatoms. The highest BCUT2D eigenvalue weighted by Gasteiger charge is 2.45. The molecular formula is C43H43ClN4O3S. The zero-order valence-electron chi connectivity index (χ0n) is 30.1. The van der Waals surface area contributed by atoms with Gasteiger partial charge < -0.3 is 9.47 Å². The molecule has 3 atom stereocenters. The van der Waals surface area contributed by atoms with Gasteiger partial charge in [0.05, 0.1) is 48.8 Å². The van der Waals surface area contributed by atoms with Gasteiger partial charge in [-0.25, -0.2) is 9.99 Å². The van der Waals surface area contributed by atoms with E-state index in [1.54, 1.807) is 19.2 Å². The van der Waals surface area contributed by atoms with Gasteiger partial charge in [-0.2, -0.15) is 5.10 Å². The second kappa shape index (κ2) is 15.4. The fourth-order valence-corrected chi connectivity index (χ4v) is 8.33. The van der Waals surface area contributed by atoms with Crippen LogP contribution in [0.15, 0.2) is 119 Å². The number of hydrazone groups is 1. The van der Waals surface area contributed by atoms with E-state index in [2.05, 4.69) is 73.0 Å². The maximum absolute atomic E-state index is 14.8. The van der Waals surface area contributed by atoms with Crippen LogP contribution in [0.2, 0.25) is 5.02 Å². The third-order valence-corrected chi connectivity index (χ3v) is 11.2. The van der Waals surface area contributed by atoms with Crippen LogP contribution in [0.4, 0.5) is 0 Å². The van der Waals surface area contributed by atoms with E-state index in [0.717, 1.165) is 69.7 Å². The number of allylic oxidation sites excluding steroid dienone is 1. The van der Waals surface area contributed by atoms with E-state index in [1.807, 2.05) is 61.7 Å². The molecular weight excluding hydrogens is 688 g/mol. The average Bonchev–Trinajstić information content (AvgIpc) is 3.77. The van der Waals surface area contributed by atoms with Crippen LogP contribution in [0.5, 0.6) is 11.5 Å². The van der Waals surface area contributed by atoms with Crippen molar-refractivity contribution in [1.29, 1.82) is 0 Å². The second-order valence-corrected chi connectivity index (χ2v) is 15.3. The summed E-state index contributed by atoms with van der Waals surface area (Å²) in [5.41, 5.74) is 8.45. The normalized spacial score (nSPS) is 18.3. The van der Waals surface area contributed by atoms with Crippen LogP contribution in [0.25, 0.3) is 23.0 Å². The lowest BCUT2D eigenvalue weighted by atomic mass is 9.77. The molecule has 2 heterocycles. The lowest BCUT2D eigenvalue weighted by Gasteiger charge is -2.30. The van der Waals surface area contributed by atoms with E-state index in [1.165, 1.54) is 22.9 Å². The quantitative estimate of drug-likeness (QED) is 0.134. The van der Waals surface area contributed by atoms with Crippen molar-refractivity contribution in [2.45, 2.75) is 62.4 Å². The number of hydrogen-bond acceptors (Lipinski definition) is 6. The molecule has 0 bridgehead atoms. The zero-order valence-corrected chi connectivity index (χ0v) is 31.7. The van der Waals surface area contributed by atoms with E-state index < -0.39 is 5.25 Å². The molecule has 1 aromatic heterocycles. The minimum absolute atomic E-state index is 0.0590. The first kappa shape index (κ1) is 35.6. The van der Waals surface area contributed by atoms with Crippen molar-refractivity contribution in [1.82, 2.24) is 14.6 Å². The fraction of sp³-hybridized carbons (Fsp3) is 0.279. The number of nitrogens with zero attached hydrogens (tertiary/aromatic N) is 4. The van der Waals surface area contributed by atoms with Gasteiger partial charge in [-0.3, -0.25) is 9.36 Å². The number of rotatable bonds is 10. The van der Waals surface area contributed by atoms with Gasteiger partial charge in [-0.15, -0.1) is 0 Å². The lowest BCUT2D eigenvalue weighted by Crippen LogP contribution is -2.36. The lowest BCUT2D eigenvalue weighted by molar-refractivity contribution is -0.132. The first-order valence-corrected chi connectivity index (χ1v) is 19.0. The van der Waals surface area contributed by atoms with E-state index in [4.69, 9.17) is 31.2 Å². The summed E-state index contributed by atoms with van der Waals surface area (Å²) in [4.78, 5) is 19.7. The van der Waals surface area contributed by atoms with Crippen LogP contribution >= 0.6 is 23.4 Å². The van der Waals surface area contributed by atoms with Gasteiger partial charge in [-0.05, 0) is 103 Å². The molecule has 52 heavy (non-hydrogen) atoms. The molecule has 1 aliphatic carbocycles. The number of fused-ring (bicyclic) bond motifs is 1. The minimum Gasteiger partial charge on any atom is -0.497 e. The van der Waals surface area contributed by atoms with E-state index in [9.17, 15) is 4.79 Å². The summed E-state index contributed by atoms with van der Waals surface area (Å²) >= 11 is 7.74. The largest absolute Gasteiger partial charge is 0.497 e. The summed E-state index contributed by atoms with van der Waals surface area (Å²) in [5, 5.41) is 7.87. The number of hydrogen-bond donors (Lipinski definition) is 0. The Morgan fingerprint density at radius 2 is 1.58 bits per heavy atom. The van der Waals surface area contributed by atoms with Crippen LogP contribution in [0.3, 0.4) is 0 Å². The summed E-state index contributed by atoms with van der Waals surface area (Å²) in [6, 6.07) is 32.1. The maximum atomic E-state index is 14.8. The molecule has 4 aromatic carbocycles. The number of imidazole rings is 1. The minimum atomic E-state index is -0.482. The molecule has 0 spiro atoms. The van der Waals surface area contributed by atoms with E-state index >= 15 is 0 Å². The second-order valence-electron chi connectivity index (χ2n) is 13.6. The van der Waals surface area contributed by atoms with Gasteiger partial charge in [0, 0.05) is 16.5 Å². The number of ether oxygens (including phenoxy) is 2. The first-order valence-electron chi connectivity index (χ1n) is 17.8. The highest BCUT2D eigenvalue weighted by atomic mass is 35.5. The highest BCUT2D eigenvalue weighted by Crippen LogP contribution is 2.46. The van der Waals surface area contributed by atoms with Gasteiger partial charge >= 0.3 is 0 Å². The molecule has 0 saturated heterocycles.